The Morgan fingerprint density at radius 3 is 2.85 bits per heavy atom. The SMILES string of the molecule is Cc1ccncc1CNc1cccnc1N1CCCC1. The van der Waals surface area contributed by atoms with Gasteiger partial charge in [0.1, 0.15) is 0 Å². The van der Waals surface area contributed by atoms with Gasteiger partial charge in [0.05, 0.1) is 5.69 Å². The Balaban J connectivity index is 1.76. The molecule has 3 heterocycles. The molecule has 0 radical (unpaired) electrons. The lowest BCUT2D eigenvalue weighted by molar-refractivity contribution is 0.934. The summed E-state index contributed by atoms with van der Waals surface area (Å²) >= 11 is 0. The van der Waals surface area contributed by atoms with Crippen LogP contribution in [-0.2, 0) is 6.54 Å². The minimum atomic E-state index is 0.784. The van der Waals surface area contributed by atoms with Crippen LogP contribution in [0.25, 0.3) is 0 Å². The maximum absolute atomic E-state index is 4.54. The molecule has 0 aliphatic carbocycles. The molecule has 0 saturated carbocycles. The van der Waals surface area contributed by atoms with Crippen molar-refractivity contribution >= 4 is 11.5 Å². The van der Waals surface area contributed by atoms with E-state index < -0.39 is 0 Å². The fourth-order valence-corrected chi connectivity index (χ4v) is 2.59. The highest BCUT2D eigenvalue weighted by molar-refractivity contribution is 5.65. The van der Waals surface area contributed by atoms with Crippen molar-refractivity contribution in [2.75, 3.05) is 23.3 Å². The van der Waals surface area contributed by atoms with Gasteiger partial charge in [0, 0.05) is 38.2 Å². The first-order valence-corrected chi connectivity index (χ1v) is 7.18. The summed E-state index contributed by atoms with van der Waals surface area (Å²) in [4.78, 5) is 11.1. The van der Waals surface area contributed by atoms with Crippen LogP contribution in [0.1, 0.15) is 24.0 Å². The number of aryl methyl sites for hydroxylation is 1. The van der Waals surface area contributed by atoms with Crippen LogP contribution >= 0.6 is 0 Å². The summed E-state index contributed by atoms with van der Waals surface area (Å²) < 4.78 is 0. The zero-order valence-electron chi connectivity index (χ0n) is 11.8. The Labute approximate surface area is 119 Å². The molecular formula is C16H20N4. The lowest BCUT2D eigenvalue weighted by Crippen LogP contribution is -2.20. The molecule has 104 valence electrons. The molecule has 4 heteroatoms. The van der Waals surface area contributed by atoms with E-state index in [4.69, 9.17) is 0 Å². The molecule has 1 aliphatic rings. The molecule has 0 unspecified atom stereocenters. The number of aromatic nitrogens is 2. The maximum atomic E-state index is 4.54. The fourth-order valence-electron chi connectivity index (χ4n) is 2.59. The minimum Gasteiger partial charge on any atom is -0.378 e. The zero-order valence-corrected chi connectivity index (χ0v) is 11.8. The van der Waals surface area contributed by atoms with Crippen LogP contribution in [0.4, 0.5) is 11.5 Å². The van der Waals surface area contributed by atoms with Crippen LogP contribution in [0.2, 0.25) is 0 Å². The number of pyridine rings is 2. The standard InChI is InChI=1S/C16H20N4/c1-13-6-8-17-11-14(13)12-19-15-5-4-7-18-16(15)20-9-2-3-10-20/h4-8,11,19H,2-3,9-10,12H2,1H3. The van der Waals surface area contributed by atoms with Crippen LogP contribution in [0.3, 0.4) is 0 Å². The second-order valence-electron chi connectivity index (χ2n) is 5.22. The third-order valence-electron chi connectivity index (χ3n) is 3.81. The summed E-state index contributed by atoms with van der Waals surface area (Å²) in [6, 6.07) is 6.13. The van der Waals surface area contributed by atoms with Gasteiger partial charge in [-0.2, -0.15) is 0 Å². The molecule has 1 fully saturated rings. The van der Waals surface area contributed by atoms with Crippen molar-refractivity contribution in [3.8, 4) is 0 Å². The van der Waals surface area contributed by atoms with Gasteiger partial charge >= 0.3 is 0 Å². The summed E-state index contributed by atoms with van der Waals surface area (Å²) in [6.07, 6.45) is 8.15. The van der Waals surface area contributed by atoms with Crippen molar-refractivity contribution in [1.82, 2.24) is 9.97 Å². The number of nitrogens with one attached hydrogen (secondary N) is 1. The van der Waals surface area contributed by atoms with Gasteiger partial charge in [0.25, 0.3) is 0 Å². The van der Waals surface area contributed by atoms with Crippen molar-refractivity contribution in [2.24, 2.45) is 0 Å². The smallest absolute Gasteiger partial charge is 0.151 e. The number of rotatable bonds is 4. The average molecular weight is 268 g/mol. The van der Waals surface area contributed by atoms with Crippen molar-refractivity contribution < 1.29 is 0 Å². The second-order valence-corrected chi connectivity index (χ2v) is 5.22. The normalized spacial score (nSPS) is 14.6. The van der Waals surface area contributed by atoms with E-state index >= 15 is 0 Å². The van der Waals surface area contributed by atoms with Crippen molar-refractivity contribution in [1.29, 1.82) is 0 Å². The Morgan fingerprint density at radius 2 is 2.05 bits per heavy atom. The third-order valence-corrected chi connectivity index (χ3v) is 3.81. The largest absolute Gasteiger partial charge is 0.378 e. The Bertz CT molecular complexity index is 576. The summed E-state index contributed by atoms with van der Waals surface area (Å²) in [7, 11) is 0. The average Bonchev–Trinajstić information content (AvgIpc) is 3.01. The Kier molecular flexibility index (Phi) is 3.81. The third kappa shape index (κ3) is 2.74. The Morgan fingerprint density at radius 1 is 1.20 bits per heavy atom. The van der Waals surface area contributed by atoms with E-state index in [2.05, 4.69) is 33.2 Å². The van der Waals surface area contributed by atoms with E-state index in [1.807, 2.05) is 30.7 Å². The maximum Gasteiger partial charge on any atom is 0.151 e. The molecule has 1 aliphatic heterocycles. The van der Waals surface area contributed by atoms with Gasteiger partial charge in [0.15, 0.2) is 5.82 Å². The molecule has 20 heavy (non-hydrogen) atoms. The van der Waals surface area contributed by atoms with Crippen molar-refractivity contribution in [3.05, 3.63) is 47.9 Å². The summed E-state index contributed by atoms with van der Waals surface area (Å²) in [6.45, 7) is 5.12. The molecule has 0 aromatic carbocycles. The highest BCUT2D eigenvalue weighted by atomic mass is 15.2. The van der Waals surface area contributed by atoms with E-state index in [0.29, 0.717) is 0 Å². The first-order valence-electron chi connectivity index (χ1n) is 7.18. The topological polar surface area (TPSA) is 41.1 Å². The molecule has 2 aromatic rings. The number of nitrogens with zero attached hydrogens (tertiary/aromatic N) is 3. The summed E-state index contributed by atoms with van der Waals surface area (Å²) in [5.41, 5.74) is 3.60. The lowest BCUT2D eigenvalue weighted by atomic mass is 10.1. The predicted molar refractivity (Wildman–Crippen MR) is 82.0 cm³/mol. The van der Waals surface area contributed by atoms with Gasteiger partial charge in [-0.3, -0.25) is 4.98 Å². The van der Waals surface area contributed by atoms with Crippen molar-refractivity contribution in [3.63, 3.8) is 0 Å². The monoisotopic (exact) mass is 268 g/mol. The van der Waals surface area contributed by atoms with E-state index in [0.717, 1.165) is 31.1 Å². The van der Waals surface area contributed by atoms with Gasteiger partial charge in [0.2, 0.25) is 0 Å². The first-order chi connectivity index (χ1) is 9.84. The second kappa shape index (κ2) is 5.90. The van der Waals surface area contributed by atoms with Crippen LogP contribution < -0.4 is 10.2 Å². The molecule has 1 saturated heterocycles. The summed E-state index contributed by atoms with van der Waals surface area (Å²) in [5.74, 6) is 1.08. The molecule has 1 N–H and O–H groups in total. The van der Waals surface area contributed by atoms with E-state index in [1.165, 1.54) is 24.0 Å². The van der Waals surface area contributed by atoms with E-state index in [-0.39, 0.29) is 0 Å². The van der Waals surface area contributed by atoms with Gasteiger partial charge in [-0.1, -0.05) is 0 Å². The van der Waals surface area contributed by atoms with Gasteiger partial charge in [-0.25, -0.2) is 4.98 Å². The van der Waals surface area contributed by atoms with Crippen molar-refractivity contribution in [2.45, 2.75) is 26.3 Å². The van der Waals surface area contributed by atoms with Gasteiger partial charge in [-0.05, 0) is 49.1 Å². The van der Waals surface area contributed by atoms with E-state index in [9.17, 15) is 0 Å². The quantitative estimate of drug-likeness (QED) is 0.925. The fraction of sp³-hybridized carbons (Fsp3) is 0.375. The predicted octanol–water partition coefficient (Wildman–Crippen LogP) is 3.00. The molecular weight excluding hydrogens is 248 g/mol. The molecule has 0 bridgehead atoms. The number of hydrogen-bond acceptors (Lipinski definition) is 4. The lowest BCUT2D eigenvalue weighted by Gasteiger charge is -2.20. The highest BCUT2D eigenvalue weighted by Gasteiger charge is 2.16. The minimum absolute atomic E-state index is 0.784. The van der Waals surface area contributed by atoms with Gasteiger partial charge in [-0.15, -0.1) is 0 Å². The zero-order chi connectivity index (χ0) is 13.8. The first kappa shape index (κ1) is 12.9. The van der Waals surface area contributed by atoms with Crippen LogP contribution in [-0.4, -0.2) is 23.1 Å². The van der Waals surface area contributed by atoms with Gasteiger partial charge < -0.3 is 10.2 Å². The molecule has 0 amide bonds. The Hall–Kier alpha value is -2.10. The molecule has 0 spiro atoms. The highest BCUT2D eigenvalue weighted by Crippen LogP contribution is 2.26. The summed E-state index contributed by atoms with van der Waals surface area (Å²) in [5, 5.41) is 3.50. The van der Waals surface area contributed by atoms with Crippen LogP contribution in [0, 0.1) is 6.92 Å². The molecule has 0 atom stereocenters. The number of anilines is 2. The number of hydrogen-bond donors (Lipinski definition) is 1. The molecule has 4 nitrogen and oxygen atoms in total. The molecule has 2 aromatic heterocycles. The van der Waals surface area contributed by atoms with E-state index in [1.54, 1.807) is 0 Å². The molecule has 3 rings (SSSR count). The van der Waals surface area contributed by atoms with Crippen LogP contribution in [0.5, 0.6) is 0 Å². The van der Waals surface area contributed by atoms with Crippen LogP contribution in [0.15, 0.2) is 36.8 Å².